The van der Waals surface area contributed by atoms with E-state index in [4.69, 9.17) is 16.6 Å². The van der Waals surface area contributed by atoms with Crippen LogP contribution in [0.5, 0.6) is 0 Å². The summed E-state index contributed by atoms with van der Waals surface area (Å²) in [4.78, 5) is 17.9. The highest BCUT2D eigenvalue weighted by Gasteiger charge is 2.13. The first-order valence-corrected chi connectivity index (χ1v) is 12.9. The van der Waals surface area contributed by atoms with Gasteiger partial charge in [-0.3, -0.25) is 4.79 Å². The van der Waals surface area contributed by atoms with E-state index >= 15 is 0 Å². The molecule has 0 aliphatic rings. The Hall–Kier alpha value is -2.94. The zero-order valence-corrected chi connectivity index (χ0v) is 21.3. The predicted molar refractivity (Wildman–Crippen MR) is 143 cm³/mol. The molecule has 5 aromatic rings. The van der Waals surface area contributed by atoms with Crippen molar-refractivity contribution in [3.63, 3.8) is 0 Å². The average Bonchev–Trinajstić information content (AvgIpc) is 3.45. The molecule has 0 fully saturated rings. The second-order valence-electron chi connectivity index (χ2n) is 7.77. The number of benzene rings is 2. The molecule has 34 heavy (non-hydrogen) atoms. The fraction of sp³-hybridized carbons (Fsp3) is 0.160. The molecule has 0 spiro atoms. The maximum Gasteiger partial charge on any atom is 0.261 e. The van der Waals surface area contributed by atoms with Crippen LogP contribution in [-0.2, 0) is 0 Å². The molecule has 3 heterocycles. The van der Waals surface area contributed by atoms with Crippen molar-refractivity contribution in [3.8, 4) is 11.3 Å². The molecular formula is C25H21BrClN5OS. The summed E-state index contributed by atoms with van der Waals surface area (Å²) in [7, 11) is 0. The van der Waals surface area contributed by atoms with Gasteiger partial charge < -0.3 is 10.6 Å². The third kappa shape index (κ3) is 4.80. The van der Waals surface area contributed by atoms with E-state index in [1.165, 1.54) is 11.3 Å². The molecule has 0 aliphatic carbocycles. The summed E-state index contributed by atoms with van der Waals surface area (Å²) in [5, 5.41) is 12.7. The van der Waals surface area contributed by atoms with E-state index in [1.54, 1.807) is 10.7 Å². The second kappa shape index (κ2) is 10.1. The highest BCUT2D eigenvalue weighted by molar-refractivity contribution is 9.10. The lowest BCUT2D eigenvalue weighted by Crippen LogP contribution is -2.24. The van der Waals surface area contributed by atoms with Crippen molar-refractivity contribution < 1.29 is 4.79 Å². The van der Waals surface area contributed by atoms with Gasteiger partial charge in [-0.05, 0) is 52.4 Å². The van der Waals surface area contributed by atoms with Crippen LogP contribution in [0, 0.1) is 0 Å². The number of anilines is 1. The number of halogens is 2. The number of rotatable bonds is 8. The summed E-state index contributed by atoms with van der Waals surface area (Å²) < 4.78 is 3.71. The Labute approximate surface area is 214 Å². The third-order valence-electron chi connectivity index (χ3n) is 5.42. The molecule has 172 valence electrons. The summed E-state index contributed by atoms with van der Waals surface area (Å²) in [6, 6.07) is 19.6. The van der Waals surface area contributed by atoms with Gasteiger partial charge in [-0.1, -0.05) is 48.0 Å². The van der Waals surface area contributed by atoms with Crippen molar-refractivity contribution in [2.45, 2.75) is 12.8 Å². The number of nitrogens with one attached hydrogen (secondary N) is 2. The molecule has 3 aromatic heterocycles. The molecule has 0 atom stereocenters. The van der Waals surface area contributed by atoms with Crippen molar-refractivity contribution in [2.24, 2.45) is 0 Å². The fourth-order valence-corrected chi connectivity index (χ4v) is 5.28. The third-order valence-corrected chi connectivity index (χ3v) is 7.43. The van der Waals surface area contributed by atoms with Gasteiger partial charge in [-0.2, -0.15) is 9.61 Å². The van der Waals surface area contributed by atoms with Gasteiger partial charge in [0.2, 0.25) is 0 Å². The highest BCUT2D eigenvalue weighted by Crippen LogP contribution is 2.30. The molecule has 9 heteroatoms. The fourth-order valence-electron chi connectivity index (χ4n) is 3.72. The first-order chi connectivity index (χ1) is 16.6. The van der Waals surface area contributed by atoms with Crippen LogP contribution in [0.15, 0.2) is 71.3 Å². The zero-order valence-electron chi connectivity index (χ0n) is 18.1. The molecule has 2 N–H and O–H groups in total. The van der Waals surface area contributed by atoms with Gasteiger partial charge in [0.25, 0.3) is 5.91 Å². The normalized spacial score (nSPS) is 11.2. The summed E-state index contributed by atoms with van der Waals surface area (Å²) in [5.74, 6) is 0.815. The van der Waals surface area contributed by atoms with Gasteiger partial charge in [-0.15, -0.1) is 11.3 Å². The van der Waals surface area contributed by atoms with Crippen LogP contribution in [0.3, 0.4) is 0 Å². The standard InChI is InChI=1S/C25H21BrClN5OS/c26-18-15-30-32-23(14-20(31-24(18)32)17-8-2-3-9-19(17)27)28-11-5-6-12-29-25(33)22-13-16-7-1-4-10-21(16)34-22/h1-4,7-10,13-15,28H,5-6,11-12H2,(H,29,33). The van der Waals surface area contributed by atoms with Crippen LogP contribution in [0.2, 0.25) is 5.02 Å². The van der Waals surface area contributed by atoms with E-state index in [0.29, 0.717) is 11.6 Å². The number of amides is 1. The molecule has 1 amide bonds. The molecule has 0 unspecified atom stereocenters. The van der Waals surface area contributed by atoms with Crippen LogP contribution in [0.4, 0.5) is 5.82 Å². The predicted octanol–water partition coefficient (Wildman–Crippen LogP) is 6.65. The number of carbonyl (C=O) groups is 1. The van der Waals surface area contributed by atoms with E-state index < -0.39 is 0 Å². The minimum absolute atomic E-state index is 0.0178. The molecule has 6 nitrogen and oxygen atoms in total. The van der Waals surface area contributed by atoms with E-state index in [-0.39, 0.29) is 5.91 Å². The summed E-state index contributed by atoms with van der Waals surface area (Å²) in [6.07, 6.45) is 3.48. The van der Waals surface area contributed by atoms with Crippen LogP contribution in [-0.4, -0.2) is 33.6 Å². The number of hydrogen-bond acceptors (Lipinski definition) is 5. The number of aromatic nitrogens is 3. The quantitative estimate of drug-likeness (QED) is 0.211. The highest BCUT2D eigenvalue weighted by atomic mass is 79.9. The Bertz CT molecular complexity index is 1450. The van der Waals surface area contributed by atoms with E-state index in [1.807, 2.05) is 60.7 Å². The van der Waals surface area contributed by atoms with E-state index in [9.17, 15) is 4.79 Å². The maximum atomic E-state index is 12.5. The van der Waals surface area contributed by atoms with Crippen LogP contribution >= 0.6 is 38.9 Å². The zero-order chi connectivity index (χ0) is 23.5. The van der Waals surface area contributed by atoms with Crippen LogP contribution < -0.4 is 10.6 Å². The van der Waals surface area contributed by atoms with Gasteiger partial charge in [-0.25, -0.2) is 4.98 Å². The summed E-state index contributed by atoms with van der Waals surface area (Å²) >= 11 is 11.4. The molecule has 0 saturated carbocycles. The van der Waals surface area contributed by atoms with Crippen LogP contribution in [0.1, 0.15) is 22.5 Å². The molecule has 0 bridgehead atoms. The van der Waals surface area contributed by atoms with Crippen LogP contribution in [0.25, 0.3) is 27.0 Å². The Morgan fingerprint density at radius 3 is 2.71 bits per heavy atom. The Morgan fingerprint density at radius 2 is 1.85 bits per heavy atom. The molecule has 0 aliphatic heterocycles. The van der Waals surface area contributed by atoms with Gasteiger partial charge >= 0.3 is 0 Å². The SMILES string of the molecule is O=C(NCCCCNc1cc(-c2ccccc2Cl)nc2c(Br)cnn12)c1cc2ccccc2s1. The van der Waals surface area contributed by atoms with Crippen molar-refractivity contribution >= 4 is 66.3 Å². The molecule has 2 aromatic carbocycles. The number of thiophene rings is 1. The van der Waals surface area contributed by atoms with Crippen molar-refractivity contribution in [1.82, 2.24) is 19.9 Å². The Kier molecular flexibility index (Phi) is 6.80. The largest absolute Gasteiger partial charge is 0.370 e. The maximum absolute atomic E-state index is 12.5. The van der Waals surface area contributed by atoms with E-state index in [2.05, 4.69) is 31.7 Å². The lowest BCUT2D eigenvalue weighted by molar-refractivity contribution is 0.0957. The average molecular weight is 555 g/mol. The van der Waals surface area contributed by atoms with Crippen molar-refractivity contribution in [2.75, 3.05) is 18.4 Å². The second-order valence-corrected chi connectivity index (χ2v) is 10.1. The van der Waals surface area contributed by atoms with Gasteiger partial charge in [0.15, 0.2) is 5.65 Å². The first kappa shape index (κ1) is 22.8. The molecule has 0 saturated heterocycles. The number of nitrogens with zero attached hydrogens (tertiary/aromatic N) is 3. The number of carbonyl (C=O) groups excluding carboxylic acids is 1. The topological polar surface area (TPSA) is 71.3 Å². The lowest BCUT2D eigenvalue weighted by atomic mass is 10.1. The summed E-state index contributed by atoms with van der Waals surface area (Å²) in [6.45, 7) is 1.36. The first-order valence-electron chi connectivity index (χ1n) is 10.9. The lowest BCUT2D eigenvalue weighted by Gasteiger charge is -2.12. The number of fused-ring (bicyclic) bond motifs is 2. The number of unbranched alkanes of at least 4 members (excludes halogenated alkanes) is 1. The van der Waals surface area contributed by atoms with Gasteiger partial charge in [0.05, 0.1) is 21.2 Å². The Balaban J connectivity index is 1.19. The van der Waals surface area contributed by atoms with Crippen molar-refractivity contribution in [1.29, 1.82) is 0 Å². The minimum Gasteiger partial charge on any atom is -0.370 e. The van der Waals surface area contributed by atoms with E-state index in [0.717, 1.165) is 61.5 Å². The minimum atomic E-state index is -0.0178. The molecule has 5 rings (SSSR count). The molecule has 0 radical (unpaired) electrons. The smallest absolute Gasteiger partial charge is 0.261 e. The van der Waals surface area contributed by atoms with Gasteiger partial charge in [0.1, 0.15) is 5.82 Å². The van der Waals surface area contributed by atoms with Crippen molar-refractivity contribution in [3.05, 3.63) is 81.2 Å². The van der Waals surface area contributed by atoms with Gasteiger partial charge in [0, 0.05) is 34.4 Å². The summed E-state index contributed by atoms with van der Waals surface area (Å²) in [5.41, 5.74) is 2.36. The Morgan fingerprint density at radius 1 is 1.06 bits per heavy atom. The monoisotopic (exact) mass is 553 g/mol. The molecular weight excluding hydrogens is 534 g/mol. The number of hydrogen-bond donors (Lipinski definition) is 2.